The van der Waals surface area contributed by atoms with Gasteiger partial charge in [0.15, 0.2) is 0 Å². The van der Waals surface area contributed by atoms with Crippen molar-refractivity contribution < 1.29 is 14.3 Å². The smallest absolute Gasteiger partial charge is 0.251 e. The van der Waals surface area contributed by atoms with E-state index >= 15 is 0 Å². The highest BCUT2D eigenvalue weighted by Crippen LogP contribution is 2.35. The van der Waals surface area contributed by atoms with E-state index in [9.17, 15) is 4.79 Å². The van der Waals surface area contributed by atoms with Crippen LogP contribution in [0.3, 0.4) is 0 Å². The Morgan fingerprint density at radius 1 is 1.21 bits per heavy atom. The van der Waals surface area contributed by atoms with E-state index in [1.807, 2.05) is 24.5 Å². The van der Waals surface area contributed by atoms with Crippen LogP contribution in [0.1, 0.15) is 27.7 Å². The summed E-state index contributed by atoms with van der Waals surface area (Å²) in [5.74, 6) is 2.35. The minimum absolute atomic E-state index is 0.0135. The molecule has 1 aliphatic heterocycles. The monoisotopic (exact) mass is 532 g/mol. The summed E-state index contributed by atoms with van der Waals surface area (Å²) in [6, 6.07) is 11.8. The average molecular weight is 533 g/mol. The first-order chi connectivity index (χ1) is 18.5. The van der Waals surface area contributed by atoms with E-state index in [1.54, 1.807) is 24.9 Å². The molecule has 0 spiro atoms. The van der Waals surface area contributed by atoms with Crippen LogP contribution >= 0.6 is 11.8 Å². The first-order valence-corrected chi connectivity index (χ1v) is 13.6. The van der Waals surface area contributed by atoms with Crippen LogP contribution < -0.4 is 10.1 Å². The first kappa shape index (κ1) is 26.1. The van der Waals surface area contributed by atoms with Crippen LogP contribution in [0.15, 0.2) is 53.8 Å². The number of H-pyrrole nitrogens is 1. The zero-order valence-electron chi connectivity index (χ0n) is 21.9. The van der Waals surface area contributed by atoms with E-state index in [0.717, 1.165) is 56.5 Å². The number of hydrogen-bond acceptors (Lipinski definition) is 8. The maximum absolute atomic E-state index is 12.6. The van der Waals surface area contributed by atoms with Gasteiger partial charge in [0.25, 0.3) is 5.91 Å². The molecular formula is C28H32N6O3S. The lowest BCUT2D eigenvalue weighted by atomic mass is 9.94. The summed E-state index contributed by atoms with van der Waals surface area (Å²) >= 11 is 1.74. The third kappa shape index (κ3) is 5.98. The van der Waals surface area contributed by atoms with E-state index in [4.69, 9.17) is 19.4 Å². The Kier molecular flexibility index (Phi) is 8.21. The van der Waals surface area contributed by atoms with Crippen LogP contribution in [0, 0.1) is 0 Å². The van der Waals surface area contributed by atoms with Gasteiger partial charge in [-0.15, -0.1) is 11.8 Å². The zero-order valence-corrected chi connectivity index (χ0v) is 22.7. The SMILES string of the molecule is COCCNC(=O)c1ccc2c(c1)CC(c1nc(SCCN(C)C)c3cc(-c4cn[nH]c4)ccc3n1)CO2. The molecule has 0 aliphatic carbocycles. The van der Waals surface area contributed by atoms with Crippen molar-refractivity contribution in [3.8, 4) is 16.9 Å². The van der Waals surface area contributed by atoms with Gasteiger partial charge in [-0.3, -0.25) is 9.89 Å². The molecule has 2 aromatic heterocycles. The third-order valence-corrected chi connectivity index (χ3v) is 7.44. The van der Waals surface area contributed by atoms with E-state index in [0.29, 0.717) is 31.7 Å². The van der Waals surface area contributed by atoms with Gasteiger partial charge in [0.05, 0.1) is 30.8 Å². The van der Waals surface area contributed by atoms with E-state index < -0.39 is 0 Å². The minimum Gasteiger partial charge on any atom is -0.493 e. The number of carbonyl (C=O) groups excluding carboxylic acids is 1. The molecule has 198 valence electrons. The van der Waals surface area contributed by atoms with Gasteiger partial charge < -0.3 is 19.7 Å². The minimum atomic E-state index is -0.123. The van der Waals surface area contributed by atoms with Gasteiger partial charge in [-0.2, -0.15) is 5.10 Å². The number of aromatic nitrogens is 4. The Morgan fingerprint density at radius 3 is 2.89 bits per heavy atom. The predicted molar refractivity (Wildman–Crippen MR) is 149 cm³/mol. The van der Waals surface area contributed by atoms with E-state index in [2.05, 4.69) is 52.7 Å². The molecule has 10 heteroatoms. The molecule has 1 aliphatic rings. The van der Waals surface area contributed by atoms with Crippen molar-refractivity contribution in [2.24, 2.45) is 0 Å². The maximum Gasteiger partial charge on any atom is 0.251 e. The van der Waals surface area contributed by atoms with Crippen molar-refractivity contribution in [2.75, 3.05) is 53.3 Å². The molecule has 9 nitrogen and oxygen atoms in total. The molecule has 3 heterocycles. The largest absolute Gasteiger partial charge is 0.493 e. The predicted octanol–water partition coefficient (Wildman–Crippen LogP) is 3.77. The normalized spacial score (nSPS) is 14.9. The molecule has 0 radical (unpaired) electrons. The number of fused-ring (bicyclic) bond motifs is 2. The summed E-state index contributed by atoms with van der Waals surface area (Å²) in [5, 5.41) is 11.8. The molecule has 4 aromatic rings. The highest BCUT2D eigenvalue weighted by Gasteiger charge is 2.26. The first-order valence-electron chi connectivity index (χ1n) is 12.6. The van der Waals surface area contributed by atoms with Gasteiger partial charge in [-0.25, -0.2) is 9.97 Å². The van der Waals surface area contributed by atoms with Gasteiger partial charge >= 0.3 is 0 Å². The number of nitrogens with zero attached hydrogens (tertiary/aromatic N) is 4. The van der Waals surface area contributed by atoms with Crippen molar-refractivity contribution >= 4 is 28.6 Å². The van der Waals surface area contributed by atoms with Crippen LogP contribution in [-0.2, 0) is 11.2 Å². The van der Waals surface area contributed by atoms with Gasteiger partial charge in [0.2, 0.25) is 0 Å². The van der Waals surface area contributed by atoms with Gasteiger partial charge in [0.1, 0.15) is 16.6 Å². The topological polar surface area (TPSA) is 105 Å². The molecule has 0 fully saturated rings. The Hall–Kier alpha value is -3.47. The standard InChI is InChI=1S/C28H32N6O3S/c1-34(2)9-11-38-28-23-14-18(22-15-30-31-16-22)4-6-24(23)32-26(33-28)21-13-20-12-19(5-7-25(20)37-17-21)27(35)29-8-10-36-3/h4-7,12,14-16,21H,8-11,13,17H2,1-3H3,(H,29,35)(H,30,31). The summed E-state index contributed by atoms with van der Waals surface area (Å²) in [6.07, 6.45) is 4.41. The second-order valence-corrected chi connectivity index (χ2v) is 10.6. The Morgan fingerprint density at radius 2 is 2.11 bits per heavy atom. The molecule has 0 saturated heterocycles. The van der Waals surface area contributed by atoms with Crippen LogP contribution in [-0.4, -0.2) is 84.2 Å². The number of ether oxygens (including phenoxy) is 2. The molecule has 1 amide bonds. The molecule has 0 saturated carbocycles. The fraction of sp³-hybridized carbons (Fsp3) is 0.357. The van der Waals surface area contributed by atoms with Crippen LogP contribution in [0.5, 0.6) is 5.75 Å². The van der Waals surface area contributed by atoms with Crippen molar-refractivity contribution in [2.45, 2.75) is 17.4 Å². The number of carbonyl (C=O) groups is 1. The number of benzene rings is 2. The van der Waals surface area contributed by atoms with Crippen molar-refractivity contribution in [1.82, 2.24) is 30.4 Å². The molecular weight excluding hydrogens is 500 g/mol. The lowest BCUT2D eigenvalue weighted by Crippen LogP contribution is -2.27. The Balaban J connectivity index is 1.43. The quantitative estimate of drug-likeness (QED) is 0.181. The Bertz CT molecular complexity index is 1410. The highest BCUT2D eigenvalue weighted by molar-refractivity contribution is 7.99. The fourth-order valence-corrected chi connectivity index (χ4v) is 5.52. The van der Waals surface area contributed by atoms with Gasteiger partial charge in [-0.1, -0.05) is 6.07 Å². The van der Waals surface area contributed by atoms with Crippen molar-refractivity contribution in [1.29, 1.82) is 0 Å². The van der Waals surface area contributed by atoms with Crippen molar-refractivity contribution in [3.05, 3.63) is 65.7 Å². The van der Waals surface area contributed by atoms with Crippen molar-refractivity contribution in [3.63, 3.8) is 0 Å². The molecule has 5 rings (SSSR count). The van der Waals surface area contributed by atoms with E-state index in [-0.39, 0.29) is 11.8 Å². The second kappa shape index (κ2) is 11.9. The number of thioether (sulfide) groups is 1. The van der Waals surface area contributed by atoms with Crippen LogP contribution in [0.2, 0.25) is 0 Å². The summed E-state index contributed by atoms with van der Waals surface area (Å²) < 4.78 is 11.1. The summed E-state index contributed by atoms with van der Waals surface area (Å²) in [7, 11) is 5.76. The van der Waals surface area contributed by atoms with Gasteiger partial charge in [-0.05, 0) is 62.0 Å². The average Bonchev–Trinajstić information content (AvgIpc) is 3.47. The number of amides is 1. The van der Waals surface area contributed by atoms with Crippen LogP contribution in [0.25, 0.3) is 22.0 Å². The number of methoxy groups -OCH3 is 1. The molecule has 0 bridgehead atoms. The molecule has 1 unspecified atom stereocenters. The zero-order chi connectivity index (χ0) is 26.5. The second-order valence-electron chi connectivity index (χ2n) is 9.54. The molecule has 1 atom stereocenters. The summed E-state index contributed by atoms with van der Waals surface area (Å²) in [6.45, 7) is 2.38. The maximum atomic E-state index is 12.6. The lowest BCUT2D eigenvalue weighted by molar-refractivity contribution is 0.0937. The number of rotatable bonds is 10. The highest BCUT2D eigenvalue weighted by atomic mass is 32.2. The Labute approximate surface area is 226 Å². The van der Waals surface area contributed by atoms with Crippen LogP contribution in [0.4, 0.5) is 0 Å². The number of aromatic amines is 1. The van der Waals surface area contributed by atoms with E-state index in [1.165, 1.54) is 0 Å². The number of hydrogen-bond donors (Lipinski definition) is 2. The molecule has 38 heavy (non-hydrogen) atoms. The summed E-state index contributed by atoms with van der Waals surface area (Å²) in [4.78, 5) is 24.8. The summed E-state index contributed by atoms with van der Waals surface area (Å²) in [5.41, 5.74) is 4.60. The lowest BCUT2D eigenvalue weighted by Gasteiger charge is -2.25. The van der Waals surface area contributed by atoms with Gasteiger partial charge in [0, 0.05) is 48.7 Å². The molecule has 2 N–H and O–H groups in total. The fourth-order valence-electron chi connectivity index (χ4n) is 4.39. The number of nitrogens with one attached hydrogen (secondary N) is 2. The molecule has 2 aromatic carbocycles. The third-order valence-electron chi connectivity index (χ3n) is 6.47.